The molecule has 12 heteroatoms. The molecule has 8 rings (SSSR count). The van der Waals surface area contributed by atoms with Gasteiger partial charge in [0.25, 0.3) is 0 Å². The second kappa shape index (κ2) is 29.6. The van der Waals surface area contributed by atoms with Crippen LogP contribution in [0.1, 0.15) is 133 Å². The Morgan fingerprint density at radius 3 is 0.744 bits per heavy atom. The summed E-state index contributed by atoms with van der Waals surface area (Å²) in [6, 6.07) is 64.4. The molecule has 10 nitrogen and oxygen atoms in total. The average molecular weight is 1140 g/mol. The van der Waals surface area contributed by atoms with Crippen molar-refractivity contribution in [3.63, 3.8) is 0 Å². The molecule has 424 valence electrons. The van der Waals surface area contributed by atoms with E-state index in [0.29, 0.717) is 47.3 Å². The third-order valence-electron chi connectivity index (χ3n) is 14.5. The SMILES string of the molecule is CC(C)(c1ccccc1)c1ccc(OC(=O)Oc2ccc(C(C)(C)c3ccc(OC(=O)CCCCCCCCCC(=O)Oc4ccc(S)cc4)cc3)cc2)cc1.CC(C)(c1ccccc1)c1ccc(OC(=O)Oc2ccc(S)cc2)cc1. The van der Waals surface area contributed by atoms with Gasteiger partial charge in [0.2, 0.25) is 0 Å². The van der Waals surface area contributed by atoms with E-state index in [-0.39, 0.29) is 28.2 Å². The molecule has 0 fully saturated rings. The molecule has 8 aromatic rings. The molecule has 0 saturated heterocycles. The maximum atomic E-state index is 12.6. The number of ether oxygens (including phenoxy) is 6. The van der Waals surface area contributed by atoms with Crippen LogP contribution in [0, 0.1) is 0 Å². The van der Waals surface area contributed by atoms with Crippen molar-refractivity contribution in [1.82, 2.24) is 0 Å². The molecule has 0 spiro atoms. The fourth-order valence-corrected chi connectivity index (χ4v) is 9.51. The van der Waals surface area contributed by atoms with Gasteiger partial charge in [0, 0.05) is 38.9 Å². The topological polar surface area (TPSA) is 124 Å². The Morgan fingerprint density at radius 2 is 0.488 bits per heavy atom. The average Bonchev–Trinajstić information content (AvgIpc) is 3.54. The van der Waals surface area contributed by atoms with Crippen LogP contribution in [-0.4, -0.2) is 24.2 Å². The lowest BCUT2D eigenvalue weighted by Gasteiger charge is -2.26. The molecule has 0 aliphatic rings. The second-order valence-electron chi connectivity index (χ2n) is 21.5. The van der Waals surface area contributed by atoms with Crippen LogP contribution in [-0.2, 0) is 25.8 Å². The monoisotopic (exact) mass is 1140 g/mol. The number of unbranched alkanes of at least 4 members (excludes halogenated alkanes) is 6. The first-order chi connectivity index (χ1) is 39.3. The fourth-order valence-electron chi connectivity index (χ4n) is 9.21. The molecular formula is C70H72O10S2. The van der Waals surface area contributed by atoms with E-state index in [4.69, 9.17) is 28.4 Å². The van der Waals surface area contributed by atoms with Gasteiger partial charge in [-0.05, 0) is 143 Å². The number of rotatable bonds is 22. The van der Waals surface area contributed by atoms with E-state index in [9.17, 15) is 19.2 Å². The van der Waals surface area contributed by atoms with Crippen LogP contribution in [0.2, 0.25) is 0 Å². The third kappa shape index (κ3) is 18.5. The third-order valence-corrected chi connectivity index (χ3v) is 15.1. The molecule has 8 aromatic carbocycles. The predicted octanol–water partition coefficient (Wildman–Crippen LogP) is 18.1. The Kier molecular flexibility index (Phi) is 22.2. The predicted molar refractivity (Wildman–Crippen MR) is 329 cm³/mol. The second-order valence-corrected chi connectivity index (χ2v) is 22.6. The Balaban J connectivity index is 0.000000309. The summed E-state index contributed by atoms with van der Waals surface area (Å²) in [5.41, 5.74) is 6.03. The van der Waals surface area contributed by atoms with E-state index >= 15 is 0 Å². The highest BCUT2D eigenvalue weighted by Crippen LogP contribution is 2.36. The molecule has 0 aliphatic carbocycles. The molecule has 0 unspecified atom stereocenters. The Morgan fingerprint density at radius 1 is 0.280 bits per heavy atom. The normalized spacial score (nSPS) is 11.3. The standard InChI is InChI=1S/C48H52O7S.C22H20O3S/c1-47(2,35-15-11-10-12-16-35)36-21-27-41(28-22-36)54-46(51)55-42-29-23-38(24-30-42)48(3,4)37-19-25-39(26-20-37)52-44(49)17-13-8-6-5-7-9-14-18-45(50)53-40-31-33-43(56)34-32-40;1-22(2,16-6-4-3-5-7-16)17-8-10-18(11-9-17)24-21(23)25-19-12-14-20(26)15-13-19/h10-12,15-16,19-34,56H,5-9,13-14,17-18H2,1-4H3;3-15,26H,1-2H3. The van der Waals surface area contributed by atoms with Crippen molar-refractivity contribution in [2.45, 2.75) is 125 Å². The van der Waals surface area contributed by atoms with Gasteiger partial charge in [-0.15, -0.1) is 25.3 Å². The number of esters is 2. The molecule has 0 atom stereocenters. The van der Waals surface area contributed by atoms with Gasteiger partial charge in [-0.1, -0.05) is 183 Å². The lowest BCUT2D eigenvalue weighted by Crippen LogP contribution is -2.19. The molecule has 0 bridgehead atoms. The minimum atomic E-state index is -0.808. The summed E-state index contributed by atoms with van der Waals surface area (Å²) < 4.78 is 32.3. The van der Waals surface area contributed by atoms with Gasteiger partial charge in [0.1, 0.15) is 34.5 Å². The van der Waals surface area contributed by atoms with Crippen molar-refractivity contribution < 1.29 is 47.6 Å². The first-order valence-electron chi connectivity index (χ1n) is 27.7. The van der Waals surface area contributed by atoms with Crippen LogP contribution in [0.3, 0.4) is 0 Å². The van der Waals surface area contributed by atoms with Gasteiger partial charge >= 0.3 is 24.2 Å². The van der Waals surface area contributed by atoms with Crippen LogP contribution in [0.4, 0.5) is 9.59 Å². The number of thiol groups is 2. The lowest BCUT2D eigenvalue weighted by atomic mass is 9.78. The molecule has 0 radical (unpaired) electrons. The summed E-state index contributed by atoms with van der Waals surface area (Å²) in [7, 11) is 0. The van der Waals surface area contributed by atoms with Crippen molar-refractivity contribution in [3.05, 3.63) is 240 Å². The molecule has 0 aliphatic heterocycles. The zero-order valence-corrected chi connectivity index (χ0v) is 49.3. The van der Waals surface area contributed by atoms with Crippen LogP contribution >= 0.6 is 25.3 Å². The Hall–Kier alpha value is -8.06. The summed E-state index contributed by atoms with van der Waals surface area (Å²) in [5.74, 6) is 2.24. The van der Waals surface area contributed by atoms with E-state index in [1.165, 1.54) is 11.1 Å². The van der Waals surface area contributed by atoms with Crippen LogP contribution in [0.15, 0.2) is 216 Å². The van der Waals surface area contributed by atoms with E-state index in [1.807, 2.05) is 97.1 Å². The minimum Gasteiger partial charge on any atom is -0.427 e. The van der Waals surface area contributed by atoms with E-state index in [1.54, 1.807) is 84.9 Å². The van der Waals surface area contributed by atoms with E-state index in [2.05, 4.69) is 91.1 Å². The number of hydrogen-bond acceptors (Lipinski definition) is 12. The van der Waals surface area contributed by atoms with Gasteiger partial charge < -0.3 is 28.4 Å². The zero-order chi connectivity index (χ0) is 58.5. The summed E-state index contributed by atoms with van der Waals surface area (Å²) in [4.78, 5) is 50.6. The number of hydrogen-bond donors (Lipinski definition) is 2. The number of benzene rings is 8. The van der Waals surface area contributed by atoms with Crippen LogP contribution in [0.5, 0.6) is 34.5 Å². The highest BCUT2D eigenvalue weighted by Gasteiger charge is 2.26. The zero-order valence-electron chi connectivity index (χ0n) is 47.5. The van der Waals surface area contributed by atoms with Crippen LogP contribution < -0.4 is 28.4 Å². The van der Waals surface area contributed by atoms with E-state index < -0.39 is 12.3 Å². The molecule has 0 N–H and O–H groups in total. The Labute approximate surface area is 494 Å². The van der Waals surface area contributed by atoms with Crippen molar-refractivity contribution in [1.29, 1.82) is 0 Å². The summed E-state index contributed by atoms with van der Waals surface area (Å²) >= 11 is 8.42. The smallest absolute Gasteiger partial charge is 0.427 e. The maximum absolute atomic E-state index is 12.6. The highest BCUT2D eigenvalue weighted by atomic mass is 32.1. The minimum absolute atomic E-state index is 0.144. The van der Waals surface area contributed by atoms with E-state index in [0.717, 1.165) is 77.0 Å². The first kappa shape index (κ1) is 61.6. The summed E-state index contributed by atoms with van der Waals surface area (Å²) in [6.45, 7) is 12.9. The van der Waals surface area contributed by atoms with Gasteiger partial charge in [-0.3, -0.25) is 9.59 Å². The molecular weight excluding hydrogens is 1060 g/mol. The highest BCUT2D eigenvalue weighted by molar-refractivity contribution is 7.80. The van der Waals surface area contributed by atoms with Gasteiger partial charge in [0.15, 0.2) is 0 Å². The number of carbonyl (C=O) groups is 4. The van der Waals surface area contributed by atoms with Crippen molar-refractivity contribution in [2.24, 2.45) is 0 Å². The quantitative estimate of drug-likeness (QED) is 0.0223. The summed E-state index contributed by atoms with van der Waals surface area (Å²) in [6.07, 6.45) is 5.86. The van der Waals surface area contributed by atoms with Crippen molar-refractivity contribution in [3.8, 4) is 34.5 Å². The molecule has 0 aromatic heterocycles. The lowest BCUT2D eigenvalue weighted by molar-refractivity contribution is -0.135. The Bertz CT molecular complexity index is 3290. The molecule has 82 heavy (non-hydrogen) atoms. The largest absolute Gasteiger partial charge is 0.519 e. The number of carbonyl (C=O) groups excluding carboxylic acids is 4. The van der Waals surface area contributed by atoms with Crippen LogP contribution in [0.25, 0.3) is 0 Å². The van der Waals surface area contributed by atoms with Gasteiger partial charge in [-0.2, -0.15) is 0 Å². The summed E-state index contributed by atoms with van der Waals surface area (Å²) in [5, 5.41) is 0. The maximum Gasteiger partial charge on any atom is 0.519 e. The van der Waals surface area contributed by atoms with Crippen molar-refractivity contribution >= 4 is 49.5 Å². The van der Waals surface area contributed by atoms with Gasteiger partial charge in [0.05, 0.1) is 0 Å². The fraction of sp³-hybridized carbons (Fsp3) is 0.257. The molecule has 0 saturated carbocycles. The first-order valence-corrected chi connectivity index (χ1v) is 28.6. The van der Waals surface area contributed by atoms with Gasteiger partial charge in [-0.25, -0.2) is 9.59 Å². The van der Waals surface area contributed by atoms with Crippen molar-refractivity contribution in [2.75, 3.05) is 0 Å². The molecule has 0 heterocycles. The molecule has 0 amide bonds.